The molecule has 0 unspecified atom stereocenters. The maximum atomic E-state index is 13.6. The van der Waals surface area contributed by atoms with Gasteiger partial charge in [0.05, 0.1) is 11.8 Å². The predicted octanol–water partition coefficient (Wildman–Crippen LogP) is 5.04. The van der Waals surface area contributed by atoms with Crippen molar-refractivity contribution in [3.8, 4) is 0 Å². The summed E-state index contributed by atoms with van der Waals surface area (Å²) in [6.45, 7) is 3.58. The van der Waals surface area contributed by atoms with Gasteiger partial charge in [-0.25, -0.2) is 5.01 Å². The molecular formula is C25H24Cl2N2O4. The minimum Gasteiger partial charge on any atom is -0.292 e. The Bertz CT molecular complexity index is 1100. The number of carbonyl (C=O) groups excluding carboxylic acids is 4. The van der Waals surface area contributed by atoms with Crippen molar-refractivity contribution in [1.29, 1.82) is 0 Å². The summed E-state index contributed by atoms with van der Waals surface area (Å²) in [5.41, 5.74) is 0.546. The number of fused-ring (bicyclic) bond motifs is 1. The molecule has 3 amide bonds. The molecule has 1 saturated carbocycles. The molecule has 2 aromatic rings. The number of hydrazine groups is 1. The molecular weight excluding hydrogens is 463 g/mol. The molecule has 1 aliphatic carbocycles. The third-order valence-electron chi connectivity index (χ3n) is 6.55. The standard InChI is InChI=1S/C25H24Cl2N2O4/c1-14-3-12-20-21(13-14)25(33)29(24(20)32)28(23(31)17-6-10-19(27)11-7-17)15(2)22(30)16-4-8-18(26)9-5-16/h4-11,14-15,20-21H,3,12-13H2,1-2H3/t14-,15+,20+,21+/m1/s1. The van der Waals surface area contributed by atoms with Crippen molar-refractivity contribution in [3.63, 3.8) is 0 Å². The van der Waals surface area contributed by atoms with E-state index in [2.05, 4.69) is 6.92 Å². The zero-order valence-electron chi connectivity index (χ0n) is 18.3. The van der Waals surface area contributed by atoms with Gasteiger partial charge in [-0.05, 0) is 80.6 Å². The molecule has 2 aliphatic rings. The lowest BCUT2D eigenvalue weighted by molar-refractivity contribution is -0.156. The number of imide groups is 1. The van der Waals surface area contributed by atoms with Gasteiger partial charge in [-0.1, -0.05) is 30.1 Å². The lowest BCUT2D eigenvalue weighted by Crippen LogP contribution is -2.56. The Hall–Kier alpha value is -2.70. The number of nitrogens with zero attached hydrogens (tertiary/aromatic N) is 2. The molecule has 1 aliphatic heterocycles. The van der Waals surface area contributed by atoms with Crippen molar-refractivity contribution in [2.24, 2.45) is 17.8 Å². The summed E-state index contributed by atoms with van der Waals surface area (Å²) >= 11 is 11.9. The summed E-state index contributed by atoms with van der Waals surface area (Å²) in [5, 5.41) is 2.85. The minimum absolute atomic E-state index is 0.221. The second kappa shape index (κ2) is 9.27. The van der Waals surface area contributed by atoms with Crippen LogP contribution in [0, 0.1) is 17.8 Å². The number of rotatable bonds is 5. The third-order valence-corrected chi connectivity index (χ3v) is 7.06. The number of Topliss-reactive ketones (excluding diaryl/α,β-unsaturated/α-hetero) is 1. The first-order chi connectivity index (χ1) is 15.7. The van der Waals surface area contributed by atoms with E-state index in [0.717, 1.165) is 16.4 Å². The van der Waals surface area contributed by atoms with Crippen LogP contribution in [-0.2, 0) is 9.59 Å². The summed E-state index contributed by atoms with van der Waals surface area (Å²) < 4.78 is 0. The van der Waals surface area contributed by atoms with Crippen molar-refractivity contribution in [2.75, 3.05) is 0 Å². The van der Waals surface area contributed by atoms with Crippen LogP contribution >= 0.6 is 23.2 Å². The second-order valence-electron chi connectivity index (χ2n) is 8.82. The first-order valence-electron chi connectivity index (χ1n) is 11.0. The highest BCUT2D eigenvalue weighted by Crippen LogP contribution is 2.41. The van der Waals surface area contributed by atoms with Crippen LogP contribution in [-0.4, -0.2) is 39.6 Å². The van der Waals surface area contributed by atoms with E-state index in [-0.39, 0.29) is 5.56 Å². The van der Waals surface area contributed by atoms with Gasteiger partial charge in [-0.3, -0.25) is 19.2 Å². The summed E-state index contributed by atoms with van der Waals surface area (Å²) in [5.74, 6) is -2.49. The topological polar surface area (TPSA) is 74.8 Å². The Balaban J connectivity index is 1.74. The van der Waals surface area contributed by atoms with Crippen molar-refractivity contribution in [1.82, 2.24) is 10.0 Å². The molecule has 0 spiro atoms. The number of hydrogen-bond acceptors (Lipinski definition) is 4. The fourth-order valence-corrected chi connectivity index (χ4v) is 4.97. The minimum atomic E-state index is -1.10. The van der Waals surface area contributed by atoms with Gasteiger partial charge in [0.2, 0.25) is 0 Å². The van der Waals surface area contributed by atoms with Crippen molar-refractivity contribution in [3.05, 3.63) is 69.7 Å². The van der Waals surface area contributed by atoms with Crippen LogP contribution in [0.4, 0.5) is 0 Å². The lowest BCUT2D eigenvalue weighted by atomic mass is 9.76. The summed E-state index contributed by atoms with van der Waals surface area (Å²) in [6.07, 6.45) is 2.03. The first-order valence-corrected chi connectivity index (χ1v) is 11.7. The molecule has 172 valence electrons. The first kappa shape index (κ1) is 23.5. The van der Waals surface area contributed by atoms with Crippen LogP contribution in [0.1, 0.15) is 53.8 Å². The quantitative estimate of drug-likeness (QED) is 0.438. The van der Waals surface area contributed by atoms with Gasteiger partial charge in [-0.15, -0.1) is 0 Å². The molecule has 2 aromatic carbocycles. The van der Waals surface area contributed by atoms with Crippen LogP contribution in [0.2, 0.25) is 10.0 Å². The van der Waals surface area contributed by atoms with Gasteiger partial charge < -0.3 is 0 Å². The largest absolute Gasteiger partial charge is 0.292 e. The van der Waals surface area contributed by atoms with Crippen LogP contribution in [0.5, 0.6) is 0 Å². The molecule has 4 atom stereocenters. The van der Waals surface area contributed by atoms with Crippen LogP contribution in [0.15, 0.2) is 48.5 Å². The Morgan fingerprint density at radius 2 is 1.39 bits per heavy atom. The van der Waals surface area contributed by atoms with E-state index < -0.39 is 41.4 Å². The summed E-state index contributed by atoms with van der Waals surface area (Å²) in [7, 11) is 0. The monoisotopic (exact) mass is 486 g/mol. The fraction of sp³-hybridized carbons (Fsp3) is 0.360. The predicted molar refractivity (Wildman–Crippen MR) is 125 cm³/mol. The molecule has 8 heteroatoms. The molecule has 0 radical (unpaired) electrons. The summed E-state index contributed by atoms with van der Waals surface area (Å²) in [4.78, 5) is 53.7. The number of carbonyl (C=O) groups is 4. The van der Waals surface area contributed by atoms with Crippen molar-refractivity contribution >= 4 is 46.7 Å². The van der Waals surface area contributed by atoms with Gasteiger partial charge in [-0.2, -0.15) is 5.01 Å². The maximum Gasteiger partial charge on any atom is 0.273 e. The van der Waals surface area contributed by atoms with Crippen molar-refractivity contribution in [2.45, 2.75) is 39.2 Å². The lowest BCUT2D eigenvalue weighted by Gasteiger charge is -2.34. The van der Waals surface area contributed by atoms with Gasteiger partial charge >= 0.3 is 0 Å². The SMILES string of the molecule is C[C@@H]1CC[C@@H]2C(=O)N(N(C(=O)c3ccc(Cl)cc3)[C@@H](C)C(=O)c3ccc(Cl)cc3)C(=O)[C@H]2C1. The van der Waals surface area contributed by atoms with Crippen LogP contribution < -0.4 is 0 Å². The Labute approximate surface area is 202 Å². The molecule has 0 N–H and O–H groups in total. The van der Waals surface area contributed by atoms with E-state index in [1.54, 1.807) is 36.4 Å². The Kier molecular flexibility index (Phi) is 6.59. The van der Waals surface area contributed by atoms with E-state index in [9.17, 15) is 19.2 Å². The average Bonchev–Trinajstić information content (AvgIpc) is 3.04. The molecule has 33 heavy (non-hydrogen) atoms. The Morgan fingerprint density at radius 1 is 0.879 bits per heavy atom. The molecule has 6 nitrogen and oxygen atoms in total. The fourth-order valence-electron chi connectivity index (χ4n) is 4.72. The highest BCUT2D eigenvalue weighted by molar-refractivity contribution is 6.31. The summed E-state index contributed by atoms with van der Waals surface area (Å²) in [6, 6.07) is 11.3. The van der Waals surface area contributed by atoms with E-state index >= 15 is 0 Å². The van der Waals surface area contributed by atoms with E-state index in [1.807, 2.05) is 0 Å². The molecule has 2 fully saturated rings. The van der Waals surface area contributed by atoms with Gasteiger partial charge in [0.15, 0.2) is 5.78 Å². The second-order valence-corrected chi connectivity index (χ2v) is 9.70. The number of amides is 3. The Morgan fingerprint density at radius 3 is 1.97 bits per heavy atom. The van der Waals surface area contributed by atoms with Crippen LogP contribution in [0.3, 0.4) is 0 Å². The zero-order valence-corrected chi connectivity index (χ0v) is 19.8. The van der Waals surface area contributed by atoms with Gasteiger partial charge in [0, 0.05) is 21.2 Å². The van der Waals surface area contributed by atoms with Crippen LogP contribution in [0.25, 0.3) is 0 Å². The van der Waals surface area contributed by atoms with Gasteiger partial charge in [0.25, 0.3) is 17.7 Å². The zero-order chi connectivity index (χ0) is 23.9. The number of halogens is 2. The molecule has 1 saturated heterocycles. The van der Waals surface area contributed by atoms with Crippen molar-refractivity contribution < 1.29 is 19.2 Å². The number of ketones is 1. The third kappa shape index (κ3) is 4.42. The van der Waals surface area contributed by atoms with E-state index in [4.69, 9.17) is 23.2 Å². The van der Waals surface area contributed by atoms with E-state index in [0.29, 0.717) is 34.4 Å². The van der Waals surface area contributed by atoms with Gasteiger partial charge in [0.1, 0.15) is 6.04 Å². The maximum absolute atomic E-state index is 13.6. The molecule has 1 heterocycles. The average molecular weight is 487 g/mol. The molecule has 0 aromatic heterocycles. The number of hydrogen-bond donors (Lipinski definition) is 0. The smallest absolute Gasteiger partial charge is 0.273 e. The highest BCUT2D eigenvalue weighted by Gasteiger charge is 2.54. The molecule has 0 bridgehead atoms. The van der Waals surface area contributed by atoms with E-state index in [1.165, 1.54) is 19.1 Å². The normalized spacial score (nSPS) is 23.3. The number of benzene rings is 2. The highest BCUT2D eigenvalue weighted by atomic mass is 35.5. The molecule has 4 rings (SSSR count).